The molecule has 20 heavy (non-hydrogen) atoms. The summed E-state index contributed by atoms with van der Waals surface area (Å²) in [5, 5.41) is 11.2. The molecule has 1 atom stereocenters. The molecule has 0 amide bonds. The van der Waals surface area contributed by atoms with Crippen molar-refractivity contribution < 1.29 is 30.3 Å². The molecule has 0 radical (unpaired) electrons. The van der Waals surface area contributed by atoms with Crippen LogP contribution in [-0.2, 0) is 20.8 Å². The molecule has 0 aliphatic rings. The molecule has 0 fully saturated rings. The molecule has 0 saturated heterocycles. The van der Waals surface area contributed by atoms with Crippen LogP contribution in [0.1, 0.15) is 11.1 Å². The van der Waals surface area contributed by atoms with E-state index in [1.54, 1.807) is 12.1 Å². The average molecular weight is 410 g/mol. The first kappa shape index (κ1) is 18.1. The third kappa shape index (κ3) is 5.45. The van der Waals surface area contributed by atoms with Gasteiger partial charge in [0.05, 0.1) is 0 Å². The van der Waals surface area contributed by atoms with E-state index in [2.05, 4.69) is 0 Å². The van der Waals surface area contributed by atoms with Crippen molar-refractivity contribution in [1.82, 2.24) is 0 Å². The third-order valence-corrected chi connectivity index (χ3v) is 4.19. The summed E-state index contributed by atoms with van der Waals surface area (Å²) in [7, 11) is 10.0. The van der Waals surface area contributed by atoms with Crippen LogP contribution in [0.3, 0.4) is 0 Å². The molecule has 2 rings (SSSR count). The minimum absolute atomic E-state index is 0.145. The number of phenols is 1. The van der Waals surface area contributed by atoms with Gasteiger partial charge in [0.15, 0.2) is 0 Å². The minimum atomic E-state index is -0.826. The molecule has 1 nitrogen and oxygen atoms in total. The third-order valence-electron chi connectivity index (χ3n) is 2.63. The zero-order valence-corrected chi connectivity index (χ0v) is 16.0. The van der Waals surface area contributed by atoms with E-state index in [1.807, 2.05) is 32.0 Å². The molecular weight excluding hydrogens is 396 g/mol. The summed E-state index contributed by atoms with van der Waals surface area (Å²) in [5.41, 5.74) is 1.99. The van der Waals surface area contributed by atoms with Gasteiger partial charge in [0.25, 0.3) is 0 Å². The monoisotopic (exact) mass is 408 g/mol. The van der Waals surface area contributed by atoms with Gasteiger partial charge in [-0.1, -0.05) is 32.3 Å². The molecule has 0 aromatic heterocycles. The van der Waals surface area contributed by atoms with Crippen LogP contribution in [0.4, 0.5) is 4.39 Å². The van der Waals surface area contributed by atoms with Crippen molar-refractivity contribution in [1.29, 1.82) is 0 Å². The second kappa shape index (κ2) is 9.16. The van der Waals surface area contributed by atoms with Crippen LogP contribution in [0.5, 0.6) is 5.75 Å². The maximum absolute atomic E-state index is 13.7. The standard InChI is InChI=1S/C14H14FOP.2ClH.Zr/c1-9-6-7-12(16)13(8-9)17-14-10(2)4-3-5-11(14)15;;;/h3-8,16-17H,1-2H3;2*1H;/q;;;+2/p-2. The quantitative estimate of drug-likeness (QED) is 0.738. The van der Waals surface area contributed by atoms with Crippen LogP contribution in [0, 0.1) is 19.7 Å². The van der Waals surface area contributed by atoms with E-state index in [0.717, 1.165) is 16.4 Å². The Hall–Kier alpha value is 0.0631. The Kier molecular flexibility index (Phi) is 8.29. The van der Waals surface area contributed by atoms with Gasteiger partial charge in [-0.2, -0.15) is 0 Å². The normalized spacial score (nSPS) is 10.2. The summed E-state index contributed by atoms with van der Waals surface area (Å²) < 4.78 is 13.7. The first-order valence-corrected chi connectivity index (χ1v) is 13.1. The first-order chi connectivity index (χ1) is 9.49. The molecule has 1 N–H and O–H groups in total. The number of aromatic hydroxyl groups is 1. The van der Waals surface area contributed by atoms with E-state index in [-0.39, 0.29) is 20.1 Å². The molecule has 0 aliphatic heterocycles. The maximum atomic E-state index is 13.7. The molecule has 6 heteroatoms. The fourth-order valence-electron chi connectivity index (χ4n) is 1.67. The Morgan fingerprint density at radius 1 is 1.15 bits per heavy atom. The zero-order valence-electron chi connectivity index (χ0n) is 11.0. The van der Waals surface area contributed by atoms with Gasteiger partial charge in [-0.3, -0.25) is 0 Å². The topological polar surface area (TPSA) is 20.2 Å². The van der Waals surface area contributed by atoms with E-state index < -0.39 is 20.8 Å². The van der Waals surface area contributed by atoms with Crippen LogP contribution in [0.15, 0.2) is 36.4 Å². The summed E-state index contributed by atoms with van der Waals surface area (Å²) in [5.74, 6) is 0.0285. The van der Waals surface area contributed by atoms with Crippen molar-refractivity contribution in [3.05, 3.63) is 53.3 Å². The number of rotatable bonds is 2. The van der Waals surface area contributed by atoms with Crippen molar-refractivity contribution in [3.63, 3.8) is 0 Å². The predicted octanol–water partition coefficient (Wildman–Crippen LogP) is 4.15. The summed E-state index contributed by atoms with van der Waals surface area (Å²) in [6.45, 7) is 3.85. The van der Waals surface area contributed by atoms with Crippen molar-refractivity contribution in [2.24, 2.45) is 0 Å². The van der Waals surface area contributed by atoms with E-state index in [9.17, 15) is 9.50 Å². The molecule has 0 heterocycles. The number of phenolic OH excluding ortho intramolecular Hbond substituents is 1. The molecule has 0 saturated carbocycles. The molecule has 0 bridgehead atoms. The van der Waals surface area contributed by atoms with Crippen molar-refractivity contribution >= 4 is 36.2 Å². The Bertz CT molecular complexity index is 561. The summed E-state index contributed by atoms with van der Waals surface area (Å²) in [6.07, 6.45) is 0. The number of hydrogen-bond donors (Lipinski definition) is 1. The summed E-state index contributed by atoms with van der Waals surface area (Å²) in [4.78, 5) is 0. The van der Waals surface area contributed by atoms with Crippen LogP contribution in [0.25, 0.3) is 0 Å². The Labute approximate surface area is 139 Å². The van der Waals surface area contributed by atoms with Gasteiger partial charge in [0.1, 0.15) is 11.6 Å². The van der Waals surface area contributed by atoms with Gasteiger partial charge < -0.3 is 5.11 Å². The van der Waals surface area contributed by atoms with Crippen molar-refractivity contribution in [2.75, 3.05) is 0 Å². The van der Waals surface area contributed by atoms with Crippen molar-refractivity contribution in [2.45, 2.75) is 13.8 Å². The van der Waals surface area contributed by atoms with Gasteiger partial charge in [0, 0.05) is 10.6 Å². The molecule has 2 aromatic rings. The number of halogens is 3. The molecule has 0 aliphatic carbocycles. The number of hydrogen-bond acceptors (Lipinski definition) is 1. The fraction of sp³-hybridized carbons (Fsp3) is 0.143. The summed E-state index contributed by atoms with van der Waals surface area (Å²) >= 11 is -0.826. The Morgan fingerprint density at radius 3 is 2.40 bits per heavy atom. The number of benzene rings is 2. The van der Waals surface area contributed by atoms with Gasteiger partial charge in [0.2, 0.25) is 0 Å². The second-order valence-corrected chi connectivity index (χ2v) is 9.17. The van der Waals surface area contributed by atoms with Gasteiger partial charge in [-0.05, 0) is 37.6 Å². The molecule has 1 unspecified atom stereocenters. The Balaban J connectivity index is 0.000000612. The van der Waals surface area contributed by atoms with Gasteiger partial charge in [-0.15, -0.1) is 0 Å². The SMILES string of the molecule is Cc1ccc(O)c(Pc2c(C)cccc2F)c1.[Cl][Zr][Cl]. The second-order valence-electron chi connectivity index (χ2n) is 4.15. The average Bonchev–Trinajstić information content (AvgIpc) is 2.39. The zero-order chi connectivity index (χ0) is 15.1. The molecule has 2 aromatic carbocycles. The van der Waals surface area contributed by atoms with E-state index in [4.69, 9.17) is 17.0 Å². The van der Waals surface area contributed by atoms with E-state index >= 15 is 0 Å². The van der Waals surface area contributed by atoms with Crippen LogP contribution in [0.2, 0.25) is 0 Å². The van der Waals surface area contributed by atoms with Gasteiger partial charge >= 0.3 is 37.9 Å². The Morgan fingerprint density at radius 2 is 1.80 bits per heavy atom. The molecular formula is C14H14Cl2FOPZr. The van der Waals surface area contributed by atoms with Gasteiger partial charge in [-0.25, -0.2) is 4.39 Å². The predicted molar refractivity (Wildman–Crippen MR) is 83.3 cm³/mol. The van der Waals surface area contributed by atoms with Crippen LogP contribution < -0.4 is 10.6 Å². The van der Waals surface area contributed by atoms with Crippen LogP contribution in [-0.4, -0.2) is 5.11 Å². The van der Waals surface area contributed by atoms with Crippen molar-refractivity contribution in [3.8, 4) is 5.75 Å². The molecule has 0 spiro atoms. The van der Waals surface area contributed by atoms with Crippen LogP contribution >= 0.6 is 25.6 Å². The van der Waals surface area contributed by atoms with E-state index in [0.29, 0.717) is 5.30 Å². The first-order valence-electron chi connectivity index (χ1n) is 5.77. The van der Waals surface area contributed by atoms with E-state index in [1.165, 1.54) is 6.07 Å². The fourth-order valence-corrected chi connectivity index (χ4v) is 2.94. The summed E-state index contributed by atoms with van der Waals surface area (Å²) in [6, 6.07) is 10.5. The molecule has 106 valence electrons. The number of aryl methyl sites for hydroxylation is 2.